The van der Waals surface area contributed by atoms with Crippen molar-refractivity contribution in [3.63, 3.8) is 0 Å². The van der Waals surface area contributed by atoms with Gasteiger partial charge in [-0.25, -0.2) is 14.8 Å². The van der Waals surface area contributed by atoms with Crippen molar-refractivity contribution in [1.29, 1.82) is 0 Å². The number of aliphatic carboxylic acids is 1. The zero-order valence-electron chi connectivity index (χ0n) is 10.3. The van der Waals surface area contributed by atoms with Gasteiger partial charge in [-0.15, -0.1) is 0 Å². The molecule has 0 atom stereocenters. The summed E-state index contributed by atoms with van der Waals surface area (Å²) >= 11 is 0. The van der Waals surface area contributed by atoms with Crippen LogP contribution in [0, 0.1) is 0 Å². The van der Waals surface area contributed by atoms with Crippen LogP contribution in [0.25, 0.3) is 0 Å². The van der Waals surface area contributed by atoms with E-state index in [1.54, 1.807) is 9.80 Å². The first kappa shape index (κ1) is 13.2. The molecule has 19 heavy (non-hydrogen) atoms. The Bertz CT molecular complexity index is 445. The van der Waals surface area contributed by atoms with Gasteiger partial charge in [0.1, 0.15) is 6.33 Å². The molecule has 1 aliphatic heterocycles. The minimum absolute atomic E-state index is 0.0159. The lowest BCUT2D eigenvalue weighted by atomic mass is 10.3. The zero-order chi connectivity index (χ0) is 13.7. The molecule has 1 aliphatic rings. The molecule has 2 amide bonds. The fourth-order valence-electron chi connectivity index (χ4n) is 1.87. The van der Waals surface area contributed by atoms with Gasteiger partial charge >= 0.3 is 12.0 Å². The summed E-state index contributed by atoms with van der Waals surface area (Å²) in [5.41, 5.74) is 0.542. The number of rotatable bonds is 3. The highest BCUT2D eigenvalue weighted by Crippen LogP contribution is 2.06. The number of piperazine rings is 1. The zero-order valence-corrected chi connectivity index (χ0v) is 10.3. The fourth-order valence-corrected chi connectivity index (χ4v) is 1.87. The molecular formula is C11H15N5O3. The van der Waals surface area contributed by atoms with Crippen molar-refractivity contribution in [2.24, 2.45) is 0 Å². The first-order chi connectivity index (χ1) is 9.15. The van der Waals surface area contributed by atoms with E-state index in [0.717, 1.165) is 0 Å². The van der Waals surface area contributed by atoms with Gasteiger partial charge < -0.3 is 15.3 Å². The Morgan fingerprint density at radius 2 is 1.84 bits per heavy atom. The third kappa shape index (κ3) is 3.88. The lowest BCUT2D eigenvalue weighted by Crippen LogP contribution is -2.51. The van der Waals surface area contributed by atoms with Gasteiger partial charge in [0.2, 0.25) is 0 Å². The summed E-state index contributed by atoms with van der Waals surface area (Å²) in [5, 5.41) is 11.4. The van der Waals surface area contributed by atoms with Crippen LogP contribution in [0.3, 0.4) is 0 Å². The molecule has 8 nitrogen and oxygen atoms in total. The predicted molar refractivity (Wildman–Crippen MR) is 66.7 cm³/mol. The average molecular weight is 265 g/mol. The van der Waals surface area contributed by atoms with E-state index in [4.69, 9.17) is 5.11 Å². The number of nitrogens with zero attached hydrogens (tertiary/aromatic N) is 4. The number of carbonyl (C=O) groups excluding carboxylic acids is 1. The predicted octanol–water partition coefficient (Wildman–Crippen LogP) is -0.289. The van der Waals surface area contributed by atoms with E-state index in [0.29, 0.717) is 31.9 Å². The summed E-state index contributed by atoms with van der Waals surface area (Å²) in [6.45, 7) is 2.15. The van der Waals surface area contributed by atoms with Crippen LogP contribution in [0.5, 0.6) is 0 Å². The van der Waals surface area contributed by atoms with Crippen LogP contribution in [0.15, 0.2) is 18.7 Å². The molecule has 0 radical (unpaired) electrons. The van der Waals surface area contributed by atoms with Gasteiger partial charge in [-0.05, 0) is 0 Å². The van der Waals surface area contributed by atoms with Gasteiger partial charge in [0.25, 0.3) is 0 Å². The van der Waals surface area contributed by atoms with Crippen LogP contribution in [-0.2, 0) is 4.79 Å². The smallest absolute Gasteiger partial charge is 0.322 e. The molecule has 0 saturated carbocycles. The highest BCUT2D eigenvalue weighted by atomic mass is 16.4. The second kappa shape index (κ2) is 6.10. The molecule has 0 bridgehead atoms. The Hall–Kier alpha value is -2.22. The third-order valence-electron chi connectivity index (χ3n) is 2.83. The van der Waals surface area contributed by atoms with Crippen molar-refractivity contribution in [1.82, 2.24) is 19.8 Å². The third-order valence-corrected chi connectivity index (χ3v) is 2.83. The molecule has 102 valence electrons. The van der Waals surface area contributed by atoms with Gasteiger partial charge in [0.15, 0.2) is 0 Å². The number of carboxylic acid groups (broad SMARTS) is 1. The normalized spacial score (nSPS) is 16.1. The lowest BCUT2D eigenvalue weighted by molar-refractivity contribution is -0.138. The fraction of sp³-hybridized carbons (Fsp3) is 0.455. The van der Waals surface area contributed by atoms with Crippen molar-refractivity contribution < 1.29 is 14.7 Å². The van der Waals surface area contributed by atoms with Crippen LogP contribution in [0.1, 0.15) is 0 Å². The lowest BCUT2D eigenvalue weighted by Gasteiger charge is -2.33. The van der Waals surface area contributed by atoms with E-state index in [2.05, 4.69) is 15.3 Å². The highest BCUT2D eigenvalue weighted by Gasteiger charge is 2.22. The van der Waals surface area contributed by atoms with Crippen molar-refractivity contribution in [3.8, 4) is 0 Å². The molecular weight excluding hydrogens is 250 g/mol. The largest absolute Gasteiger partial charge is 0.480 e. The maximum Gasteiger partial charge on any atom is 0.322 e. The van der Waals surface area contributed by atoms with Crippen molar-refractivity contribution in [2.45, 2.75) is 0 Å². The number of nitrogens with one attached hydrogen (secondary N) is 1. The number of aromatic nitrogens is 2. The van der Waals surface area contributed by atoms with Gasteiger partial charge in [0, 0.05) is 26.2 Å². The first-order valence-electron chi connectivity index (χ1n) is 5.90. The quantitative estimate of drug-likeness (QED) is 0.779. The Morgan fingerprint density at radius 1 is 1.21 bits per heavy atom. The molecule has 2 heterocycles. The van der Waals surface area contributed by atoms with Gasteiger partial charge in [0.05, 0.1) is 24.6 Å². The van der Waals surface area contributed by atoms with E-state index in [-0.39, 0.29) is 12.6 Å². The monoisotopic (exact) mass is 265 g/mol. The minimum atomic E-state index is -0.848. The second-order valence-corrected chi connectivity index (χ2v) is 4.21. The molecule has 2 N–H and O–H groups in total. The van der Waals surface area contributed by atoms with E-state index >= 15 is 0 Å². The van der Waals surface area contributed by atoms with Crippen LogP contribution >= 0.6 is 0 Å². The van der Waals surface area contributed by atoms with Crippen LogP contribution in [0.2, 0.25) is 0 Å². The van der Waals surface area contributed by atoms with E-state index in [1.807, 2.05) is 0 Å². The molecule has 1 saturated heterocycles. The number of amides is 2. The Balaban J connectivity index is 1.81. The Labute approximate surface area is 110 Å². The highest BCUT2D eigenvalue weighted by molar-refractivity contribution is 5.89. The molecule has 2 rings (SSSR count). The van der Waals surface area contributed by atoms with E-state index in [9.17, 15) is 9.59 Å². The maximum atomic E-state index is 11.9. The molecule has 0 aliphatic carbocycles. The number of hydrogen-bond acceptors (Lipinski definition) is 5. The molecule has 0 unspecified atom stereocenters. The average Bonchev–Trinajstić information content (AvgIpc) is 2.40. The van der Waals surface area contributed by atoms with E-state index < -0.39 is 5.97 Å². The van der Waals surface area contributed by atoms with Gasteiger partial charge in [-0.3, -0.25) is 9.69 Å². The number of urea groups is 1. The molecule has 0 spiro atoms. The van der Waals surface area contributed by atoms with Crippen molar-refractivity contribution >= 4 is 17.7 Å². The molecule has 8 heteroatoms. The number of carbonyl (C=O) groups is 2. The Kier molecular flexibility index (Phi) is 4.24. The first-order valence-corrected chi connectivity index (χ1v) is 5.90. The maximum absolute atomic E-state index is 11.9. The summed E-state index contributed by atoms with van der Waals surface area (Å²) in [6.07, 6.45) is 4.43. The summed E-state index contributed by atoms with van der Waals surface area (Å²) in [4.78, 5) is 33.6. The van der Waals surface area contributed by atoms with Crippen molar-refractivity contribution in [3.05, 3.63) is 18.7 Å². The summed E-state index contributed by atoms with van der Waals surface area (Å²) in [7, 11) is 0. The van der Waals surface area contributed by atoms with E-state index in [1.165, 1.54) is 18.7 Å². The van der Waals surface area contributed by atoms with Crippen LogP contribution in [-0.4, -0.2) is 69.6 Å². The van der Waals surface area contributed by atoms with Crippen molar-refractivity contribution in [2.75, 3.05) is 38.0 Å². The number of hydrogen-bond donors (Lipinski definition) is 2. The number of carboxylic acids is 1. The molecule has 1 aromatic heterocycles. The SMILES string of the molecule is O=C(O)CN1CCN(C(=O)Nc2cncnc2)CC1. The summed E-state index contributed by atoms with van der Waals surface area (Å²) in [6, 6.07) is -0.218. The van der Waals surface area contributed by atoms with Gasteiger partial charge in [-0.2, -0.15) is 0 Å². The van der Waals surface area contributed by atoms with Crippen LogP contribution < -0.4 is 5.32 Å². The molecule has 0 aromatic carbocycles. The topological polar surface area (TPSA) is 98.7 Å². The Morgan fingerprint density at radius 3 is 2.42 bits per heavy atom. The summed E-state index contributed by atoms with van der Waals surface area (Å²) in [5.74, 6) is -0.848. The second-order valence-electron chi connectivity index (χ2n) is 4.21. The number of anilines is 1. The van der Waals surface area contributed by atoms with Crippen LogP contribution in [0.4, 0.5) is 10.5 Å². The summed E-state index contributed by atoms with van der Waals surface area (Å²) < 4.78 is 0. The molecule has 1 aromatic rings. The molecule has 1 fully saturated rings. The van der Waals surface area contributed by atoms with Gasteiger partial charge in [-0.1, -0.05) is 0 Å². The minimum Gasteiger partial charge on any atom is -0.480 e. The standard InChI is InChI=1S/C11H15N5O3/c17-10(18)7-15-1-3-16(4-2-15)11(19)14-9-5-12-8-13-6-9/h5-6,8H,1-4,7H2,(H,14,19)(H,17,18).